The van der Waals surface area contributed by atoms with Gasteiger partial charge >= 0.3 is 0 Å². The van der Waals surface area contributed by atoms with Gasteiger partial charge in [0, 0.05) is 23.7 Å². The van der Waals surface area contributed by atoms with E-state index in [4.69, 9.17) is 11.6 Å². The number of aromatic nitrogens is 1. The molecule has 1 heterocycles. The summed E-state index contributed by atoms with van der Waals surface area (Å²) in [7, 11) is 0. The van der Waals surface area contributed by atoms with Crippen LogP contribution in [0.15, 0.2) is 41.3 Å². The van der Waals surface area contributed by atoms with Gasteiger partial charge in [0.2, 0.25) is 0 Å². The van der Waals surface area contributed by atoms with Gasteiger partial charge in [0.1, 0.15) is 23.0 Å². The van der Waals surface area contributed by atoms with E-state index in [1.807, 2.05) is 0 Å². The lowest BCUT2D eigenvalue weighted by molar-refractivity contribution is 0.101. The number of nitrogens with one attached hydrogen (secondary N) is 2. The smallest absolute Gasteiger partial charge is 0.261 e. The third-order valence-corrected chi connectivity index (χ3v) is 3.66. The van der Waals surface area contributed by atoms with Gasteiger partial charge in [-0.3, -0.25) is 9.59 Å². The summed E-state index contributed by atoms with van der Waals surface area (Å²) in [6.07, 6.45) is 1.41. The van der Waals surface area contributed by atoms with Crippen LogP contribution < -0.4 is 10.9 Å². The molecule has 0 saturated carbocycles. The van der Waals surface area contributed by atoms with E-state index in [-0.39, 0.29) is 16.3 Å². The first-order valence-corrected chi connectivity index (χ1v) is 7.01. The Hall–Kier alpha value is -2.80. The molecule has 0 aliphatic carbocycles. The van der Waals surface area contributed by atoms with Gasteiger partial charge in [-0.15, -0.1) is 0 Å². The van der Waals surface area contributed by atoms with Gasteiger partial charge < -0.3 is 10.3 Å². The van der Waals surface area contributed by atoms with Crippen LogP contribution in [0.5, 0.6) is 0 Å². The first kappa shape index (κ1) is 16.1. The Kier molecular flexibility index (Phi) is 4.02. The molecule has 0 spiro atoms. The zero-order chi connectivity index (χ0) is 17.4. The molecular weight excluding hydrogens is 345 g/mol. The fourth-order valence-electron chi connectivity index (χ4n) is 2.25. The van der Waals surface area contributed by atoms with Crippen LogP contribution in [0.2, 0.25) is 5.02 Å². The highest BCUT2D eigenvalue weighted by Gasteiger charge is 2.20. The van der Waals surface area contributed by atoms with Gasteiger partial charge in [0.15, 0.2) is 0 Å². The number of halogens is 4. The van der Waals surface area contributed by atoms with Crippen LogP contribution in [0.25, 0.3) is 10.8 Å². The Morgan fingerprint density at radius 2 is 1.75 bits per heavy atom. The van der Waals surface area contributed by atoms with E-state index in [9.17, 15) is 22.8 Å². The van der Waals surface area contributed by atoms with Gasteiger partial charge in [-0.2, -0.15) is 0 Å². The summed E-state index contributed by atoms with van der Waals surface area (Å²) in [4.78, 5) is 26.2. The average Bonchev–Trinajstić information content (AvgIpc) is 2.48. The van der Waals surface area contributed by atoms with Crippen molar-refractivity contribution in [3.05, 3.63) is 74.9 Å². The highest BCUT2D eigenvalue weighted by atomic mass is 35.5. The van der Waals surface area contributed by atoms with Gasteiger partial charge in [-0.25, -0.2) is 13.2 Å². The number of carbonyl (C=O) groups is 1. The third kappa shape index (κ3) is 2.85. The van der Waals surface area contributed by atoms with Crippen LogP contribution >= 0.6 is 11.6 Å². The van der Waals surface area contributed by atoms with Gasteiger partial charge in [-0.1, -0.05) is 11.6 Å². The number of pyridine rings is 1. The van der Waals surface area contributed by atoms with Crippen molar-refractivity contribution in [2.75, 3.05) is 5.32 Å². The highest BCUT2D eigenvalue weighted by molar-refractivity contribution is 6.34. The summed E-state index contributed by atoms with van der Waals surface area (Å²) in [5.41, 5.74) is -1.25. The second-order valence-electron chi connectivity index (χ2n) is 4.92. The normalized spacial score (nSPS) is 10.8. The molecule has 0 aliphatic heterocycles. The first-order chi connectivity index (χ1) is 11.4. The minimum Gasteiger partial charge on any atom is -0.329 e. The number of rotatable bonds is 2. The summed E-state index contributed by atoms with van der Waals surface area (Å²) in [5, 5.41) is 3.03. The molecule has 0 unspecified atom stereocenters. The Labute approximate surface area is 137 Å². The molecule has 0 fully saturated rings. The Bertz CT molecular complexity index is 1010. The number of fused-ring (bicyclic) bond motifs is 1. The van der Waals surface area contributed by atoms with E-state index < -0.39 is 28.9 Å². The topological polar surface area (TPSA) is 62.0 Å². The van der Waals surface area contributed by atoms with Crippen molar-refractivity contribution in [3.63, 3.8) is 0 Å². The van der Waals surface area contributed by atoms with Crippen molar-refractivity contribution in [2.24, 2.45) is 0 Å². The monoisotopic (exact) mass is 352 g/mol. The van der Waals surface area contributed by atoms with E-state index in [0.717, 1.165) is 0 Å². The van der Waals surface area contributed by atoms with E-state index in [1.165, 1.54) is 18.3 Å². The molecule has 1 aromatic heterocycles. The summed E-state index contributed by atoms with van der Waals surface area (Å²) in [6, 6.07) is 5.09. The predicted octanol–water partition coefficient (Wildman–Crippen LogP) is 3.85. The molecular formula is C16H8ClF3N2O2. The fraction of sp³-hybridized carbons (Fsp3) is 0. The minimum absolute atomic E-state index is 0.00970. The van der Waals surface area contributed by atoms with E-state index in [1.54, 1.807) is 6.07 Å². The lowest BCUT2D eigenvalue weighted by Crippen LogP contribution is -2.16. The van der Waals surface area contributed by atoms with Crippen LogP contribution in [0.3, 0.4) is 0 Å². The molecule has 0 saturated heterocycles. The Morgan fingerprint density at radius 3 is 2.42 bits per heavy atom. The first-order valence-electron chi connectivity index (χ1n) is 6.63. The van der Waals surface area contributed by atoms with Crippen LogP contribution in [0, 0.1) is 17.5 Å². The predicted molar refractivity (Wildman–Crippen MR) is 83.8 cm³/mol. The number of hydrogen-bond acceptors (Lipinski definition) is 2. The summed E-state index contributed by atoms with van der Waals surface area (Å²) >= 11 is 6.00. The van der Waals surface area contributed by atoms with Gasteiger partial charge in [0.25, 0.3) is 11.5 Å². The molecule has 24 heavy (non-hydrogen) atoms. The molecule has 0 atom stereocenters. The standard InChI is InChI=1S/C16H8ClF3N2O2/c17-10-6-9-7(1-2-21-15(9)23)3-13(10)22-16(24)14-11(19)4-8(18)5-12(14)20/h1-6H,(H,21,23)(H,22,24). The largest absolute Gasteiger partial charge is 0.329 e. The molecule has 0 bridgehead atoms. The SMILES string of the molecule is O=C(Nc1cc2cc[nH]c(=O)c2cc1Cl)c1c(F)cc(F)cc1F. The quantitative estimate of drug-likeness (QED) is 0.736. The Morgan fingerprint density at radius 1 is 1.08 bits per heavy atom. The number of amides is 1. The second kappa shape index (κ2) is 6.01. The summed E-state index contributed by atoms with van der Waals surface area (Å²) < 4.78 is 40.2. The molecule has 2 aromatic carbocycles. The molecule has 3 aromatic rings. The summed E-state index contributed by atoms with van der Waals surface area (Å²) in [6.45, 7) is 0. The average molecular weight is 353 g/mol. The minimum atomic E-state index is -1.33. The maximum Gasteiger partial charge on any atom is 0.261 e. The molecule has 0 aliphatic rings. The van der Waals surface area contributed by atoms with Crippen molar-refractivity contribution in [2.45, 2.75) is 0 Å². The van der Waals surface area contributed by atoms with E-state index in [2.05, 4.69) is 10.3 Å². The molecule has 0 radical (unpaired) electrons. The van der Waals surface area contributed by atoms with E-state index in [0.29, 0.717) is 22.9 Å². The van der Waals surface area contributed by atoms with Crippen molar-refractivity contribution in [3.8, 4) is 0 Å². The fourth-order valence-corrected chi connectivity index (χ4v) is 2.46. The van der Waals surface area contributed by atoms with Crippen molar-refractivity contribution < 1.29 is 18.0 Å². The summed E-state index contributed by atoms with van der Waals surface area (Å²) in [5.74, 6) is -4.93. The van der Waals surface area contributed by atoms with Crippen LogP contribution in [-0.2, 0) is 0 Å². The maximum absolute atomic E-state index is 13.7. The zero-order valence-corrected chi connectivity index (χ0v) is 12.5. The van der Waals surface area contributed by atoms with Gasteiger partial charge in [-0.05, 0) is 23.6 Å². The number of aromatic amines is 1. The molecule has 3 rings (SSSR count). The number of anilines is 1. The number of carbonyl (C=O) groups excluding carboxylic acids is 1. The maximum atomic E-state index is 13.7. The van der Waals surface area contributed by atoms with E-state index >= 15 is 0 Å². The number of H-pyrrole nitrogens is 1. The van der Waals surface area contributed by atoms with Crippen LogP contribution in [0.4, 0.5) is 18.9 Å². The molecule has 8 heteroatoms. The zero-order valence-electron chi connectivity index (χ0n) is 11.8. The highest BCUT2D eigenvalue weighted by Crippen LogP contribution is 2.27. The molecule has 122 valence electrons. The van der Waals surface area contributed by atoms with Crippen molar-refractivity contribution in [1.29, 1.82) is 0 Å². The number of hydrogen-bond donors (Lipinski definition) is 2. The lowest BCUT2D eigenvalue weighted by atomic mass is 10.1. The Balaban J connectivity index is 2.03. The van der Waals surface area contributed by atoms with Crippen LogP contribution in [-0.4, -0.2) is 10.9 Å². The van der Waals surface area contributed by atoms with Crippen LogP contribution in [0.1, 0.15) is 10.4 Å². The molecule has 4 nitrogen and oxygen atoms in total. The molecule has 1 amide bonds. The lowest BCUT2D eigenvalue weighted by Gasteiger charge is -2.10. The second-order valence-corrected chi connectivity index (χ2v) is 5.33. The number of benzene rings is 2. The van der Waals surface area contributed by atoms with Crippen molar-refractivity contribution >= 4 is 34.0 Å². The van der Waals surface area contributed by atoms with Crippen molar-refractivity contribution in [1.82, 2.24) is 4.98 Å². The van der Waals surface area contributed by atoms with Gasteiger partial charge in [0.05, 0.1) is 10.7 Å². The third-order valence-electron chi connectivity index (χ3n) is 3.34. The molecule has 2 N–H and O–H groups in total.